The molecule has 0 fully saturated rings. The second-order valence-electron chi connectivity index (χ2n) is 4.67. The molecule has 0 aromatic heterocycles. The minimum absolute atomic E-state index is 0.236. The molecule has 7 heteroatoms. The number of sulfonamides is 1. The third-order valence-corrected chi connectivity index (χ3v) is 5.42. The van der Waals surface area contributed by atoms with Crippen molar-refractivity contribution >= 4 is 32.4 Å². The SMILES string of the molecule is CC(CCS(C)=O)NS(=O)(=O)c1ccc(CCCl)cc1. The van der Waals surface area contributed by atoms with Gasteiger partial charge in [0, 0.05) is 34.7 Å². The first-order valence-corrected chi connectivity index (χ1v) is 10.1. The average Bonchev–Trinajstić information content (AvgIpc) is 2.37. The van der Waals surface area contributed by atoms with Crippen LogP contribution in [0.15, 0.2) is 29.2 Å². The van der Waals surface area contributed by atoms with E-state index in [0.717, 1.165) is 5.56 Å². The summed E-state index contributed by atoms with van der Waals surface area (Å²) in [6.45, 7) is 1.77. The highest BCUT2D eigenvalue weighted by Gasteiger charge is 2.17. The lowest BCUT2D eigenvalue weighted by atomic mass is 10.2. The van der Waals surface area contributed by atoms with Crippen molar-refractivity contribution in [3.05, 3.63) is 29.8 Å². The highest BCUT2D eigenvalue weighted by molar-refractivity contribution is 7.89. The van der Waals surface area contributed by atoms with Crippen molar-refractivity contribution in [1.29, 1.82) is 0 Å². The molecule has 0 aliphatic rings. The molecule has 1 aromatic carbocycles. The summed E-state index contributed by atoms with van der Waals surface area (Å²) in [6, 6.07) is 6.45. The number of hydrogen-bond donors (Lipinski definition) is 1. The summed E-state index contributed by atoms with van der Waals surface area (Å²) in [7, 11) is -4.43. The van der Waals surface area contributed by atoms with Crippen LogP contribution in [-0.4, -0.2) is 36.6 Å². The number of rotatable bonds is 8. The average molecular weight is 338 g/mol. The second kappa shape index (κ2) is 8.12. The molecule has 0 spiro atoms. The van der Waals surface area contributed by atoms with E-state index in [1.807, 2.05) is 0 Å². The molecule has 20 heavy (non-hydrogen) atoms. The standard InChI is InChI=1S/C13H20ClNO3S2/c1-11(8-10-19(2)16)15-20(17,18)13-5-3-12(4-6-13)7-9-14/h3-6,11,15H,7-10H2,1-2H3. The molecule has 0 saturated carbocycles. The highest BCUT2D eigenvalue weighted by atomic mass is 35.5. The van der Waals surface area contributed by atoms with E-state index in [1.54, 1.807) is 37.4 Å². The molecule has 2 atom stereocenters. The molecule has 0 heterocycles. The van der Waals surface area contributed by atoms with E-state index in [0.29, 0.717) is 24.5 Å². The predicted molar refractivity (Wildman–Crippen MR) is 84.2 cm³/mol. The molecule has 4 nitrogen and oxygen atoms in total. The van der Waals surface area contributed by atoms with Crippen LogP contribution in [0.1, 0.15) is 18.9 Å². The van der Waals surface area contributed by atoms with E-state index < -0.39 is 20.8 Å². The monoisotopic (exact) mass is 337 g/mol. The molecule has 0 saturated heterocycles. The normalized spacial score (nSPS) is 14.9. The maximum absolute atomic E-state index is 12.1. The van der Waals surface area contributed by atoms with Crippen LogP contribution in [0, 0.1) is 0 Å². The fourth-order valence-corrected chi connectivity index (χ4v) is 3.86. The first kappa shape index (κ1) is 17.6. The van der Waals surface area contributed by atoms with Crippen molar-refractivity contribution in [2.75, 3.05) is 17.9 Å². The summed E-state index contributed by atoms with van der Waals surface area (Å²) in [5.41, 5.74) is 1.01. The Kier molecular flexibility index (Phi) is 7.15. The van der Waals surface area contributed by atoms with Crippen LogP contribution in [0.4, 0.5) is 0 Å². The minimum atomic E-state index is -3.52. The fraction of sp³-hybridized carbons (Fsp3) is 0.538. The molecular weight excluding hydrogens is 318 g/mol. The first-order chi connectivity index (χ1) is 9.35. The molecule has 0 bridgehead atoms. The molecule has 1 aromatic rings. The van der Waals surface area contributed by atoms with E-state index in [9.17, 15) is 12.6 Å². The van der Waals surface area contributed by atoms with E-state index >= 15 is 0 Å². The largest absolute Gasteiger partial charge is 0.260 e. The van der Waals surface area contributed by atoms with Gasteiger partial charge < -0.3 is 0 Å². The van der Waals surface area contributed by atoms with Crippen molar-refractivity contribution < 1.29 is 12.6 Å². The number of nitrogens with one attached hydrogen (secondary N) is 1. The number of hydrogen-bond acceptors (Lipinski definition) is 3. The molecule has 114 valence electrons. The maximum atomic E-state index is 12.1. The van der Waals surface area contributed by atoms with Crippen molar-refractivity contribution in [3.8, 4) is 0 Å². The zero-order chi connectivity index (χ0) is 15.2. The van der Waals surface area contributed by atoms with Crippen molar-refractivity contribution in [1.82, 2.24) is 4.72 Å². The number of benzene rings is 1. The predicted octanol–water partition coefficient (Wildman–Crippen LogP) is 1.90. The van der Waals surface area contributed by atoms with E-state index in [4.69, 9.17) is 11.6 Å². The first-order valence-electron chi connectivity index (χ1n) is 6.32. The zero-order valence-electron chi connectivity index (χ0n) is 11.6. The number of aryl methyl sites for hydroxylation is 1. The van der Waals surface area contributed by atoms with Crippen LogP contribution in [0.2, 0.25) is 0 Å². The van der Waals surface area contributed by atoms with Gasteiger partial charge in [-0.05, 0) is 37.5 Å². The van der Waals surface area contributed by atoms with Crippen LogP contribution in [0.25, 0.3) is 0 Å². The van der Waals surface area contributed by atoms with Gasteiger partial charge in [-0.3, -0.25) is 4.21 Å². The molecule has 1 rings (SSSR count). The maximum Gasteiger partial charge on any atom is 0.240 e. The number of halogens is 1. The van der Waals surface area contributed by atoms with Gasteiger partial charge in [0.25, 0.3) is 0 Å². The molecule has 2 unspecified atom stereocenters. The molecule has 0 amide bonds. The zero-order valence-corrected chi connectivity index (χ0v) is 14.0. The summed E-state index contributed by atoms with van der Waals surface area (Å²) in [4.78, 5) is 0.236. The summed E-state index contributed by atoms with van der Waals surface area (Å²) in [5.74, 6) is 0.994. The Morgan fingerprint density at radius 1 is 1.30 bits per heavy atom. The molecular formula is C13H20ClNO3S2. The van der Waals surface area contributed by atoms with Gasteiger partial charge in [-0.15, -0.1) is 11.6 Å². The van der Waals surface area contributed by atoms with E-state index in [-0.39, 0.29) is 10.9 Å². The second-order valence-corrected chi connectivity index (χ2v) is 8.32. The summed E-state index contributed by atoms with van der Waals surface area (Å²) in [5, 5.41) is 0. The Morgan fingerprint density at radius 3 is 2.40 bits per heavy atom. The van der Waals surface area contributed by atoms with Crippen LogP contribution in [0.3, 0.4) is 0 Å². The van der Waals surface area contributed by atoms with Crippen LogP contribution in [-0.2, 0) is 27.2 Å². The minimum Gasteiger partial charge on any atom is -0.260 e. The lowest BCUT2D eigenvalue weighted by molar-refractivity contribution is 0.555. The van der Waals surface area contributed by atoms with Gasteiger partial charge in [-0.1, -0.05) is 12.1 Å². The van der Waals surface area contributed by atoms with Gasteiger partial charge >= 0.3 is 0 Å². The fourth-order valence-electron chi connectivity index (χ4n) is 1.68. The van der Waals surface area contributed by atoms with E-state index in [1.165, 1.54) is 0 Å². The van der Waals surface area contributed by atoms with E-state index in [2.05, 4.69) is 4.72 Å². The summed E-state index contributed by atoms with van der Waals surface area (Å²) < 4.78 is 37.9. The third-order valence-electron chi connectivity index (χ3n) is 2.81. The smallest absolute Gasteiger partial charge is 0.240 e. The lowest BCUT2D eigenvalue weighted by Gasteiger charge is -2.13. The molecule has 0 aliphatic carbocycles. The van der Waals surface area contributed by atoms with Gasteiger partial charge in [-0.2, -0.15) is 0 Å². The van der Waals surface area contributed by atoms with Gasteiger partial charge in [0.2, 0.25) is 10.0 Å². The van der Waals surface area contributed by atoms with Crippen LogP contribution < -0.4 is 4.72 Å². The Morgan fingerprint density at radius 2 is 1.90 bits per heavy atom. The summed E-state index contributed by atoms with van der Waals surface area (Å²) in [6.07, 6.45) is 2.87. The number of alkyl halides is 1. The van der Waals surface area contributed by atoms with Crippen LogP contribution >= 0.6 is 11.6 Å². The quantitative estimate of drug-likeness (QED) is 0.737. The Bertz CT molecular complexity index is 543. The van der Waals surface area contributed by atoms with Gasteiger partial charge in [-0.25, -0.2) is 13.1 Å². The summed E-state index contributed by atoms with van der Waals surface area (Å²) >= 11 is 5.64. The lowest BCUT2D eigenvalue weighted by Crippen LogP contribution is -2.33. The topological polar surface area (TPSA) is 63.2 Å². The molecule has 1 N–H and O–H groups in total. The Hall–Kier alpha value is -0.430. The molecule has 0 radical (unpaired) electrons. The van der Waals surface area contributed by atoms with Crippen molar-refractivity contribution in [3.63, 3.8) is 0 Å². The highest BCUT2D eigenvalue weighted by Crippen LogP contribution is 2.12. The van der Waals surface area contributed by atoms with Crippen LogP contribution in [0.5, 0.6) is 0 Å². The molecule has 0 aliphatic heterocycles. The third kappa shape index (κ3) is 5.91. The van der Waals surface area contributed by atoms with Crippen molar-refractivity contribution in [2.45, 2.75) is 30.7 Å². The van der Waals surface area contributed by atoms with Gasteiger partial charge in [0.05, 0.1) is 4.90 Å². The Labute approximate surface area is 128 Å². The van der Waals surface area contributed by atoms with Crippen molar-refractivity contribution in [2.24, 2.45) is 0 Å². The van der Waals surface area contributed by atoms with Gasteiger partial charge in [0.15, 0.2) is 0 Å². The van der Waals surface area contributed by atoms with Gasteiger partial charge in [0.1, 0.15) is 0 Å². The Balaban J connectivity index is 2.70.